The van der Waals surface area contributed by atoms with E-state index >= 15 is 0 Å². The molecule has 142 valence electrons. The minimum atomic E-state index is -2.64. The van der Waals surface area contributed by atoms with Crippen LogP contribution in [0.5, 0.6) is 0 Å². The van der Waals surface area contributed by atoms with Gasteiger partial charge in [0.1, 0.15) is 12.2 Å². The minimum Gasteiger partial charge on any atom is -0.389 e. The number of aliphatic hydroxyl groups excluding tert-OH is 1. The molecule has 4 rings (SSSR count). The van der Waals surface area contributed by atoms with Crippen molar-refractivity contribution in [3.05, 3.63) is 0 Å². The third-order valence-corrected chi connectivity index (χ3v) is 8.34. The SMILES string of the molecule is O=C(CO)[C@H]1CC[C@H]2[C@@H]3CC[C@@H]4C[C@@](O)(C(F)F)CC[C@@H]4[C@H]3CC[C@@H]21. The number of hydrogen-bond donors (Lipinski definition) is 2. The highest BCUT2D eigenvalue weighted by atomic mass is 19.3. The van der Waals surface area contributed by atoms with Crippen molar-refractivity contribution < 1.29 is 23.8 Å². The lowest BCUT2D eigenvalue weighted by Gasteiger charge is -2.54. The number of Topliss-reactive ketones (excluding diaryl/α,β-unsaturated/α-hetero) is 1. The Balaban J connectivity index is 1.47. The van der Waals surface area contributed by atoms with Gasteiger partial charge in [-0.3, -0.25) is 4.79 Å². The number of carbonyl (C=O) groups excluding carboxylic acids is 1. The van der Waals surface area contributed by atoms with Gasteiger partial charge in [0.25, 0.3) is 6.43 Å². The number of carbonyl (C=O) groups is 1. The number of rotatable bonds is 3. The molecule has 2 N–H and O–H groups in total. The Bertz CT molecular complexity index is 525. The monoisotopic (exact) mass is 356 g/mol. The van der Waals surface area contributed by atoms with Crippen molar-refractivity contribution in [1.29, 1.82) is 0 Å². The maximum Gasteiger partial charge on any atom is 0.266 e. The molecular weight excluding hydrogens is 326 g/mol. The average molecular weight is 356 g/mol. The molecule has 0 heterocycles. The third-order valence-electron chi connectivity index (χ3n) is 8.34. The van der Waals surface area contributed by atoms with E-state index in [0.717, 1.165) is 44.9 Å². The molecule has 0 amide bonds. The summed E-state index contributed by atoms with van der Waals surface area (Å²) in [6, 6.07) is 0. The quantitative estimate of drug-likeness (QED) is 0.815. The lowest BCUT2D eigenvalue weighted by Crippen LogP contribution is -2.51. The highest BCUT2D eigenvalue weighted by Gasteiger charge is 2.55. The van der Waals surface area contributed by atoms with Crippen LogP contribution in [0.4, 0.5) is 8.78 Å². The topological polar surface area (TPSA) is 57.5 Å². The van der Waals surface area contributed by atoms with Gasteiger partial charge in [0.05, 0.1) is 0 Å². The summed E-state index contributed by atoms with van der Waals surface area (Å²) in [5, 5.41) is 19.5. The number of alkyl halides is 2. The van der Waals surface area contributed by atoms with Crippen molar-refractivity contribution in [3.8, 4) is 0 Å². The first-order chi connectivity index (χ1) is 11.9. The van der Waals surface area contributed by atoms with Crippen LogP contribution in [0.3, 0.4) is 0 Å². The Hall–Kier alpha value is -0.550. The van der Waals surface area contributed by atoms with E-state index < -0.39 is 12.0 Å². The van der Waals surface area contributed by atoms with Gasteiger partial charge in [0.2, 0.25) is 0 Å². The molecule has 0 bridgehead atoms. The molecule has 0 unspecified atom stereocenters. The second kappa shape index (κ2) is 6.56. The summed E-state index contributed by atoms with van der Waals surface area (Å²) < 4.78 is 26.4. The smallest absolute Gasteiger partial charge is 0.266 e. The van der Waals surface area contributed by atoms with Gasteiger partial charge in [-0.05, 0) is 93.3 Å². The normalized spacial score (nSPS) is 49.4. The van der Waals surface area contributed by atoms with Crippen LogP contribution in [0, 0.1) is 41.4 Å². The number of halogens is 2. The van der Waals surface area contributed by atoms with Gasteiger partial charge >= 0.3 is 0 Å². The predicted molar refractivity (Wildman–Crippen MR) is 89.0 cm³/mol. The molecule has 4 aliphatic rings. The second-order valence-corrected chi connectivity index (χ2v) is 9.19. The Kier molecular flexibility index (Phi) is 4.68. The average Bonchev–Trinajstić information content (AvgIpc) is 3.04. The summed E-state index contributed by atoms with van der Waals surface area (Å²) in [6.07, 6.45) is 4.73. The van der Waals surface area contributed by atoms with E-state index in [1.807, 2.05) is 0 Å². The molecule has 0 aliphatic heterocycles. The van der Waals surface area contributed by atoms with Crippen LogP contribution in [-0.4, -0.2) is 34.6 Å². The zero-order chi connectivity index (χ0) is 17.8. The summed E-state index contributed by atoms with van der Waals surface area (Å²) in [6.45, 7) is -0.334. The lowest BCUT2D eigenvalue weighted by molar-refractivity contribution is -0.156. The number of hydrogen-bond acceptors (Lipinski definition) is 3. The summed E-state index contributed by atoms with van der Waals surface area (Å²) in [5.41, 5.74) is -1.77. The van der Waals surface area contributed by atoms with E-state index in [1.165, 1.54) is 0 Å². The minimum absolute atomic E-state index is 0.0132. The highest BCUT2D eigenvalue weighted by molar-refractivity contribution is 5.82. The largest absolute Gasteiger partial charge is 0.389 e. The van der Waals surface area contributed by atoms with Crippen molar-refractivity contribution in [2.45, 2.75) is 69.8 Å². The first kappa shape index (κ1) is 17.8. The zero-order valence-electron chi connectivity index (χ0n) is 14.7. The number of fused-ring (bicyclic) bond motifs is 5. The Morgan fingerprint density at radius 2 is 1.52 bits per heavy atom. The van der Waals surface area contributed by atoms with E-state index in [0.29, 0.717) is 29.6 Å². The van der Waals surface area contributed by atoms with Gasteiger partial charge in [0.15, 0.2) is 5.78 Å². The Morgan fingerprint density at radius 1 is 0.920 bits per heavy atom. The summed E-state index contributed by atoms with van der Waals surface area (Å²) in [5.74, 6) is 2.99. The highest BCUT2D eigenvalue weighted by Crippen LogP contribution is 2.60. The fourth-order valence-electron chi connectivity index (χ4n) is 7.28. The molecule has 5 heteroatoms. The van der Waals surface area contributed by atoms with Crippen LogP contribution < -0.4 is 0 Å². The van der Waals surface area contributed by atoms with Crippen molar-refractivity contribution in [1.82, 2.24) is 0 Å². The van der Waals surface area contributed by atoms with Crippen molar-refractivity contribution in [2.24, 2.45) is 41.4 Å². The summed E-state index contributed by atoms with van der Waals surface area (Å²) in [4.78, 5) is 12.0. The third kappa shape index (κ3) is 2.86. The number of aliphatic hydroxyl groups is 2. The van der Waals surface area contributed by atoms with Crippen molar-refractivity contribution in [2.75, 3.05) is 6.61 Å². The van der Waals surface area contributed by atoms with Crippen LogP contribution in [0.1, 0.15) is 57.8 Å². The van der Waals surface area contributed by atoms with E-state index in [2.05, 4.69) is 0 Å². The van der Waals surface area contributed by atoms with E-state index in [1.54, 1.807) is 0 Å². The molecule has 0 radical (unpaired) electrons. The predicted octanol–water partition coefficient (Wildman–Crippen LogP) is 3.42. The molecule has 3 nitrogen and oxygen atoms in total. The summed E-state index contributed by atoms with van der Waals surface area (Å²) in [7, 11) is 0. The molecule has 4 aliphatic carbocycles. The molecule has 0 saturated heterocycles. The Labute approximate surface area is 148 Å². The van der Waals surface area contributed by atoms with Crippen LogP contribution in [0.15, 0.2) is 0 Å². The van der Waals surface area contributed by atoms with Crippen molar-refractivity contribution in [3.63, 3.8) is 0 Å². The van der Waals surface area contributed by atoms with Gasteiger partial charge in [-0.1, -0.05) is 0 Å². The maximum atomic E-state index is 13.2. The van der Waals surface area contributed by atoms with E-state index in [4.69, 9.17) is 0 Å². The fourth-order valence-corrected chi connectivity index (χ4v) is 7.28. The molecule has 25 heavy (non-hydrogen) atoms. The van der Waals surface area contributed by atoms with Gasteiger partial charge in [0, 0.05) is 5.92 Å². The zero-order valence-corrected chi connectivity index (χ0v) is 14.7. The molecule has 0 spiro atoms. The summed E-state index contributed by atoms with van der Waals surface area (Å²) >= 11 is 0. The van der Waals surface area contributed by atoms with Crippen LogP contribution >= 0.6 is 0 Å². The van der Waals surface area contributed by atoms with Crippen molar-refractivity contribution >= 4 is 5.78 Å². The molecule has 4 saturated carbocycles. The second-order valence-electron chi connectivity index (χ2n) is 9.19. The molecular formula is C20H30F2O3. The van der Waals surface area contributed by atoms with Crippen LogP contribution in [0.2, 0.25) is 0 Å². The fraction of sp³-hybridized carbons (Fsp3) is 0.950. The molecule has 8 atom stereocenters. The first-order valence-corrected chi connectivity index (χ1v) is 10.1. The Morgan fingerprint density at radius 3 is 2.24 bits per heavy atom. The van der Waals surface area contributed by atoms with Gasteiger partial charge in [-0.2, -0.15) is 0 Å². The first-order valence-electron chi connectivity index (χ1n) is 10.1. The molecule has 0 aromatic rings. The molecule has 0 aromatic heterocycles. The van der Waals surface area contributed by atoms with Gasteiger partial charge < -0.3 is 10.2 Å². The molecule has 0 aromatic carbocycles. The standard InChI is InChI=1S/C20H30F2O3/c21-19(22)20(25)8-7-12-11(9-20)1-2-14-13(12)3-4-16-15(14)5-6-17(16)18(24)10-23/h11-17,19,23,25H,1-10H2/t11-,12+,13-,14-,15+,16+,17+,20-/m1/s1. The van der Waals surface area contributed by atoms with Gasteiger partial charge in [-0.25, -0.2) is 8.78 Å². The van der Waals surface area contributed by atoms with Crippen LogP contribution in [0.25, 0.3) is 0 Å². The lowest BCUT2D eigenvalue weighted by atomic mass is 9.52. The number of ketones is 1. The molecule has 4 fully saturated rings. The van der Waals surface area contributed by atoms with Gasteiger partial charge in [-0.15, -0.1) is 0 Å². The van der Waals surface area contributed by atoms with Crippen LogP contribution in [-0.2, 0) is 4.79 Å². The van der Waals surface area contributed by atoms with E-state index in [-0.39, 0.29) is 37.1 Å². The maximum absolute atomic E-state index is 13.2. The van der Waals surface area contributed by atoms with E-state index in [9.17, 15) is 23.8 Å².